The van der Waals surface area contributed by atoms with E-state index in [0.717, 1.165) is 0 Å². The zero-order chi connectivity index (χ0) is 8.91. The Bertz CT molecular complexity index is 222. The van der Waals surface area contributed by atoms with Crippen LogP contribution in [0.3, 0.4) is 0 Å². The fraction of sp³-hybridized carbons (Fsp3) is 0.800. The zero-order valence-corrected chi connectivity index (χ0v) is 7.36. The van der Waals surface area contributed by atoms with Gasteiger partial charge in [-0.15, -0.1) is 0 Å². The summed E-state index contributed by atoms with van der Waals surface area (Å²) in [7, 11) is -2.35. The molecule has 5 nitrogen and oxygen atoms in total. The molecule has 0 aromatic heterocycles. The molecule has 0 aliphatic heterocycles. The van der Waals surface area contributed by atoms with Crippen molar-refractivity contribution in [3.8, 4) is 0 Å². The Morgan fingerprint density at radius 3 is 2.36 bits per heavy atom. The second kappa shape index (κ2) is 4.30. The van der Waals surface area contributed by atoms with Gasteiger partial charge in [0, 0.05) is 13.5 Å². The monoisotopic (exact) mass is 180 g/mol. The van der Waals surface area contributed by atoms with Crippen LogP contribution in [0.5, 0.6) is 0 Å². The molecule has 0 rings (SSSR count). The molecule has 6 heteroatoms. The van der Waals surface area contributed by atoms with Gasteiger partial charge in [0.1, 0.15) is 0 Å². The molecular formula is C5H12N2O3S. The van der Waals surface area contributed by atoms with Gasteiger partial charge >= 0.3 is 10.2 Å². The van der Waals surface area contributed by atoms with Crippen LogP contribution in [-0.4, -0.2) is 21.4 Å². The second-order valence-electron chi connectivity index (χ2n) is 1.98. The van der Waals surface area contributed by atoms with Crippen molar-refractivity contribution in [1.82, 2.24) is 9.44 Å². The summed E-state index contributed by atoms with van der Waals surface area (Å²) in [6.45, 7) is 1.80. The predicted molar refractivity (Wildman–Crippen MR) is 41.0 cm³/mol. The van der Waals surface area contributed by atoms with E-state index in [1.54, 1.807) is 6.92 Å². The van der Waals surface area contributed by atoms with E-state index in [0.29, 0.717) is 6.42 Å². The molecule has 0 saturated heterocycles. The number of carbonyl (C=O) groups is 1. The minimum absolute atomic E-state index is 0.223. The number of hydrogen-bond donors (Lipinski definition) is 2. The van der Waals surface area contributed by atoms with E-state index in [1.165, 1.54) is 7.05 Å². The van der Waals surface area contributed by atoms with Gasteiger partial charge in [-0.1, -0.05) is 6.92 Å². The van der Waals surface area contributed by atoms with Gasteiger partial charge in [0.15, 0.2) is 0 Å². The highest BCUT2D eigenvalue weighted by Gasteiger charge is 2.09. The van der Waals surface area contributed by atoms with Gasteiger partial charge in [0.2, 0.25) is 5.91 Å². The molecule has 0 aromatic carbocycles. The van der Waals surface area contributed by atoms with Gasteiger partial charge in [0.25, 0.3) is 0 Å². The average molecular weight is 180 g/mol. The minimum atomic E-state index is -3.59. The zero-order valence-electron chi connectivity index (χ0n) is 6.55. The molecule has 0 aromatic rings. The van der Waals surface area contributed by atoms with Crippen LogP contribution in [0.2, 0.25) is 0 Å². The quantitative estimate of drug-likeness (QED) is 0.604. The molecule has 0 radical (unpaired) electrons. The van der Waals surface area contributed by atoms with Crippen molar-refractivity contribution in [3.05, 3.63) is 0 Å². The van der Waals surface area contributed by atoms with Gasteiger partial charge in [-0.05, 0) is 6.42 Å². The highest BCUT2D eigenvalue weighted by molar-refractivity contribution is 7.88. The maximum absolute atomic E-state index is 10.7. The van der Waals surface area contributed by atoms with E-state index < -0.39 is 16.1 Å². The van der Waals surface area contributed by atoms with Crippen LogP contribution in [-0.2, 0) is 15.0 Å². The van der Waals surface area contributed by atoms with E-state index >= 15 is 0 Å². The van der Waals surface area contributed by atoms with Crippen molar-refractivity contribution >= 4 is 16.1 Å². The molecule has 0 aliphatic carbocycles. The van der Waals surface area contributed by atoms with E-state index in [4.69, 9.17) is 0 Å². The standard InChI is InChI=1S/C5H12N2O3S/c1-3-4-5(8)7-11(9,10)6-2/h6H,3-4H2,1-2H3,(H,7,8). The topological polar surface area (TPSA) is 75.3 Å². The Balaban J connectivity index is 3.95. The normalized spacial score (nSPS) is 11.1. The smallest absolute Gasteiger partial charge is 0.274 e. The van der Waals surface area contributed by atoms with Crippen molar-refractivity contribution in [3.63, 3.8) is 0 Å². The summed E-state index contributed by atoms with van der Waals surface area (Å²) in [5.41, 5.74) is 0. The number of carbonyl (C=O) groups excluding carboxylic acids is 1. The Hall–Kier alpha value is -0.620. The summed E-state index contributed by atoms with van der Waals surface area (Å²) in [4.78, 5) is 10.7. The van der Waals surface area contributed by atoms with Crippen molar-refractivity contribution in [1.29, 1.82) is 0 Å². The third kappa shape index (κ3) is 4.74. The number of amides is 1. The third-order valence-electron chi connectivity index (χ3n) is 0.994. The van der Waals surface area contributed by atoms with Gasteiger partial charge < -0.3 is 0 Å². The van der Waals surface area contributed by atoms with Gasteiger partial charge in [-0.2, -0.15) is 8.42 Å². The Kier molecular flexibility index (Phi) is 4.06. The van der Waals surface area contributed by atoms with Crippen molar-refractivity contribution in [2.75, 3.05) is 7.05 Å². The highest BCUT2D eigenvalue weighted by Crippen LogP contribution is 1.86. The minimum Gasteiger partial charge on any atom is -0.274 e. The lowest BCUT2D eigenvalue weighted by atomic mass is 10.3. The third-order valence-corrected chi connectivity index (χ3v) is 2.03. The summed E-state index contributed by atoms with van der Waals surface area (Å²) in [6, 6.07) is 0. The highest BCUT2D eigenvalue weighted by atomic mass is 32.2. The first kappa shape index (κ1) is 10.4. The maximum atomic E-state index is 10.7. The number of hydrogen-bond acceptors (Lipinski definition) is 3. The molecule has 0 bridgehead atoms. The molecule has 0 saturated carbocycles. The first-order valence-electron chi connectivity index (χ1n) is 3.26. The summed E-state index contributed by atoms with van der Waals surface area (Å²) < 4.78 is 25.1. The van der Waals surface area contributed by atoms with Crippen LogP contribution in [0.25, 0.3) is 0 Å². The lowest BCUT2D eigenvalue weighted by molar-refractivity contribution is -0.119. The molecule has 0 atom stereocenters. The Morgan fingerprint density at radius 2 is 2.00 bits per heavy atom. The number of nitrogens with one attached hydrogen (secondary N) is 2. The fourth-order valence-corrected chi connectivity index (χ4v) is 0.983. The van der Waals surface area contributed by atoms with E-state index in [1.807, 2.05) is 9.44 Å². The molecule has 0 aliphatic rings. The largest absolute Gasteiger partial charge is 0.301 e. The predicted octanol–water partition coefficient (Wildman–Crippen LogP) is -0.633. The average Bonchev–Trinajstić information content (AvgIpc) is 1.87. The van der Waals surface area contributed by atoms with Crippen LogP contribution in [0, 0.1) is 0 Å². The van der Waals surface area contributed by atoms with Crippen LogP contribution in [0.4, 0.5) is 0 Å². The van der Waals surface area contributed by atoms with Crippen LogP contribution in [0.15, 0.2) is 0 Å². The molecule has 2 N–H and O–H groups in total. The van der Waals surface area contributed by atoms with Crippen LogP contribution >= 0.6 is 0 Å². The van der Waals surface area contributed by atoms with Crippen molar-refractivity contribution in [2.45, 2.75) is 19.8 Å². The molecule has 0 fully saturated rings. The molecule has 66 valence electrons. The van der Waals surface area contributed by atoms with Crippen molar-refractivity contribution < 1.29 is 13.2 Å². The lowest BCUT2D eigenvalue weighted by Gasteiger charge is -2.02. The molecule has 0 heterocycles. The summed E-state index contributed by atoms with van der Waals surface area (Å²) in [6.07, 6.45) is 0.853. The first-order valence-corrected chi connectivity index (χ1v) is 4.74. The summed E-state index contributed by atoms with van der Waals surface area (Å²) >= 11 is 0. The van der Waals surface area contributed by atoms with Crippen LogP contribution in [0.1, 0.15) is 19.8 Å². The molecule has 0 unspecified atom stereocenters. The molecular weight excluding hydrogens is 168 g/mol. The fourth-order valence-electron chi connectivity index (χ4n) is 0.479. The van der Waals surface area contributed by atoms with Gasteiger partial charge in [-0.3, -0.25) is 4.79 Å². The Morgan fingerprint density at radius 1 is 1.45 bits per heavy atom. The molecule has 11 heavy (non-hydrogen) atoms. The summed E-state index contributed by atoms with van der Waals surface area (Å²) in [5, 5.41) is 0. The SMILES string of the molecule is CCCC(=O)NS(=O)(=O)NC. The van der Waals surface area contributed by atoms with Crippen LogP contribution < -0.4 is 9.44 Å². The van der Waals surface area contributed by atoms with E-state index in [9.17, 15) is 13.2 Å². The summed E-state index contributed by atoms with van der Waals surface area (Å²) in [5.74, 6) is -0.484. The second-order valence-corrected chi connectivity index (χ2v) is 3.60. The first-order chi connectivity index (χ1) is 5.02. The molecule has 1 amide bonds. The van der Waals surface area contributed by atoms with E-state index in [2.05, 4.69) is 0 Å². The van der Waals surface area contributed by atoms with Gasteiger partial charge in [0.05, 0.1) is 0 Å². The Labute approximate surface area is 66.4 Å². The van der Waals surface area contributed by atoms with Crippen molar-refractivity contribution in [2.24, 2.45) is 0 Å². The van der Waals surface area contributed by atoms with E-state index in [-0.39, 0.29) is 6.42 Å². The molecule has 0 spiro atoms. The number of rotatable bonds is 4. The van der Waals surface area contributed by atoms with Gasteiger partial charge in [-0.25, -0.2) is 9.44 Å². The maximum Gasteiger partial charge on any atom is 0.301 e. The lowest BCUT2D eigenvalue weighted by Crippen LogP contribution is -2.38.